The normalized spacial score (nSPS) is 13.9. The molecule has 0 atom stereocenters. The first-order valence-electron chi connectivity index (χ1n) is 14.7. The van der Waals surface area contributed by atoms with Crippen molar-refractivity contribution < 1.29 is 0 Å². The van der Waals surface area contributed by atoms with Crippen LogP contribution in [0, 0.1) is 13.8 Å². The zero-order valence-corrected chi connectivity index (χ0v) is 22.9. The summed E-state index contributed by atoms with van der Waals surface area (Å²) in [7, 11) is 0. The van der Waals surface area contributed by atoms with Crippen molar-refractivity contribution in [1.29, 1.82) is 0 Å². The van der Waals surface area contributed by atoms with Gasteiger partial charge in [0.25, 0.3) is 6.71 Å². The highest BCUT2D eigenvalue weighted by Crippen LogP contribution is 2.48. The largest absolute Gasteiger partial charge is 0.307 e. The molecule has 12 rings (SSSR count). The van der Waals surface area contributed by atoms with E-state index < -0.39 is 0 Å². The molecule has 0 radical (unpaired) electrons. The van der Waals surface area contributed by atoms with E-state index in [1.54, 1.807) is 0 Å². The van der Waals surface area contributed by atoms with E-state index in [1.807, 2.05) is 0 Å². The Bertz CT molecular complexity index is 2770. The van der Waals surface area contributed by atoms with Gasteiger partial charge >= 0.3 is 0 Å². The van der Waals surface area contributed by atoms with Crippen molar-refractivity contribution in [2.75, 3.05) is 0 Å². The Hall–Kier alpha value is -5.36. The first-order chi connectivity index (χ1) is 20.7. The molecular formula is C36H20BN5. The van der Waals surface area contributed by atoms with Crippen LogP contribution >= 0.6 is 0 Å². The van der Waals surface area contributed by atoms with Crippen LogP contribution in [0.1, 0.15) is 11.6 Å². The number of hydrogen-bond donors (Lipinski definition) is 0. The number of rotatable bonds is 0. The number of aryl methyl sites for hydroxylation is 2. The third-order valence-electron chi connectivity index (χ3n) is 10.4. The van der Waals surface area contributed by atoms with Crippen molar-refractivity contribution in [2.45, 2.75) is 13.8 Å². The van der Waals surface area contributed by atoms with E-state index in [-0.39, 0.29) is 6.71 Å². The molecule has 3 aliphatic rings. The number of nitrogens with zero attached hydrogens (tertiary/aromatic N) is 5. The molecule has 4 aromatic heterocycles. The first-order valence-corrected chi connectivity index (χ1v) is 14.7. The van der Waals surface area contributed by atoms with E-state index in [4.69, 9.17) is 9.97 Å². The fourth-order valence-corrected chi connectivity index (χ4v) is 9.09. The van der Waals surface area contributed by atoms with Crippen LogP contribution in [-0.2, 0) is 0 Å². The molecule has 0 spiro atoms. The predicted octanol–water partition coefficient (Wildman–Crippen LogP) is 5.77. The highest BCUT2D eigenvalue weighted by atomic mass is 15.1. The number of aromatic nitrogens is 5. The number of fused-ring (bicyclic) bond motifs is 10. The van der Waals surface area contributed by atoms with Gasteiger partial charge in [0.15, 0.2) is 0 Å². The van der Waals surface area contributed by atoms with Crippen LogP contribution < -0.4 is 16.4 Å². The second-order valence-electron chi connectivity index (χ2n) is 12.2. The van der Waals surface area contributed by atoms with Gasteiger partial charge in [-0.15, -0.1) is 0 Å². The zero-order chi connectivity index (χ0) is 27.2. The fourth-order valence-electron chi connectivity index (χ4n) is 9.09. The highest BCUT2D eigenvalue weighted by molar-refractivity contribution is 7.02. The Balaban J connectivity index is 1.46. The van der Waals surface area contributed by atoms with E-state index in [0.717, 1.165) is 22.7 Å². The maximum absolute atomic E-state index is 5.12. The summed E-state index contributed by atoms with van der Waals surface area (Å²) < 4.78 is 7.38. The van der Waals surface area contributed by atoms with Crippen molar-refractivity contribution in [3.05, 3.63) is 96.6 Å². The Morgan fingerprint density at radius 3 is 1.93 bits per heavy atom. The SMILES string of the molecule is Cc1nc2ccc3c4c2n1-c1cccc2c1B4c1c(ccc4nc(C)n-2c14)-c1c-3c2cccc3c4ccccc4n1c23. The molecular weight excluding hydrogens is 513 g/mol. The quantitative estimate of drug-likeness (QED) is 0.232. The van der Waals surface area contributed by atoms with E-state index in [2.05, 4.69) is 112 Å². The average molecular weight is 533 g/mol. The van der Waals surface area contributed by atoms with Gasteiger partial charge in [-0.25, -0.2) is 9.97 Å². The third-order valence-corrected chi connectivity index (χ3v) is 10.4. The minimum atomic E-state index is 0.0934. The number of imidazole rings is 2. The summed E-state index contributed by atoms with van der Waals surface area (Å²) in [6.07, 6.45) is 0. The van der Waals surface area contributed by atoms with E-state index in [9.17, 15) is 0 Å². The number of hydrogen-bond acceptors (Lipinski definition) is 2. The Morgan fingerprint density at radius 1 is 0.548 bits per heavy atom. The lowest BCUT2D eigenvalue weighted by atomic mass is 9.33. The van der Waals surface area contributed by atoms with E-state index >= 15 is 0 Å². The molecule has 0 saturated carbocycles. The molecule has 0 aliphatic carbocycles. The summed E-state index contributed by atoms with van der Waals surface area (Å²) in [6, 6.07) is 31.7. The van der Waals surface area contributed by atoms with Gasteiger partial charge in [-0.05, 0) is 71.7 Å². The third kappa shape index (κ3) is 1.90. The van der Waals surface area contributed by atoms with Gasteiger partial charge in [-0.2, -0.15) is 0 Å². The van der Waals surface area contributed by atoms with Gasteiger partial charge in [0, 0.05) is 33.1 Å². The maximum Gasteiger partial charge on any atom is 0.254 e. The molecule has 0 unspecified atom stereocenters. The monoisotopic (exact) mass is 533 g/mol. The van der Waals surface area contributed by atoms with Crippen LogP contribution in [0.5, 0.6) is 0 Å². The van der Waals surface area contributed by atoms with Crippen LogP contribution in [0.3, 0.4) is 0 Å². The Kier molecular flexibility index (Phi) is 3.06. The fraction of sp³-hybridized carbons (Fsp3) is 0.0556. The van der Waals surface area contributed by atoms with Gasteiger partial charge in [0.1, 0.15) is 11.6 Å². The highest BCUT2D eigenvalue weighted by Gasteiger charge is 2.46. The first kappa shape index (κ1) is 20.5. The molecule has 0 bridgehead atoms. The Labute approximate surface area is 239 Å². The van der Waals surface area contributed by atoms with Crippen LogP contribution in [0.4, 0.5) is 0 Å². The molecule has 192 valence electrons. The summed E-state index contributed by atoms with van der Waals surface area (Å²) in [5.41, 5.74) is 19.0. The van der Waals surface area contributed by atoms with Gasteiger partial charge in [-0.3, -0.25) is 9.13 Å². The van der Waals surface area contributed by atoms with Crippen molar-refractivity contribution in [2.24, 2.45) is 0 Å². The average Bonchev–Trinajstić information content (AvgIpc) is 3.72. The van der Waals surface area contributed by atoms with Crippen LogP contribution in [0.25, 0.3) is 83.0 Å². The minimum absolute atomic E-state index is 0.0934. The topological polar surface area (TPSA) is 40.0 Å². The summed E-state index contributed by atoms with van der Waals surface area (Å²) in [4.78, 5) is 10.2. The minimum Gasteiger partial charge on any atom is -0.307 e. The second kappa shape index (κ2) is 6.26. The molecule has 0 N–H and O–H groups in total. The molecule has 3 aliphatic heterocycles. The summed E-state index contributed by atoms with van der Waals surface area (Å²) in [6.45, 7) is 4.38. The Morgan fingerprint density at radius 2 is 1.17 bits per heavy atom. The number of benzene rings is 5. The van der Waals surface area contributed by atoms with E-state index in [0.29, 0.717) is 0 Å². The van der Waals surface area contributed by atoms with Gasteiger partial charge in [-0.1, -0.05) is 54.6 Å². The van der Waals surface area contributed by atoms with Crippen molar-refractivity contribution >= 4 is 72.4 Å². The molecule has 5 aromatic carbocycles. The van der Waals surface area contributed by atoms with Crippen LogP contribution in [0.15, 0.2) is 84.9 Å². The lowest BCUT2D eigenvalue weighted by Gasteiger charge is -2.34. The van der Waals surface area contributed by atoms with Gasteiger partial charge in [0.2, 0.25) is 0 Å². The lowest BCUT2D eigenvalue weighted by Crippen LogP contribution is -2.60. The van der Waals surface area contributed by atoms with Gasteiger partial charge in [0.05, 0.1) is 38.8 Å². The van der Waals surface area contributed by atoms with Crippen molar-refractivity contribution in [1.82, 2.24) is 23.5 Å². The lowest BCUT2D eigenvalue weighted by molar-refractivity contribution is 0.981. The molecule has 42 heavy (non-hydrogen) atoms. The molecule has 0 saturated heterocycles. The summed E-state index contributed by atoms with van der Waals surface area (Å²) in [5, 5.41) is 3.93. The zero-order valence-electron chi connectivity index (χ0n) is 22.9. The molecule has 7 heterocycles. The summed E-state index contributed by atoms with van der Waals surface area (Å²) in [5.74, 6) is 2.06. The molecule has 0 amide bonds. The smallest absolute Gasteiger partial charge is 0.254 e. The van der Waals surface area contributed by atoms with E-state index in [1.165, 1.54) is 88.4 Å². The summed E-state index contributed by atoms with van der Waals surface area (Å²) >= 11 is 0. The van der Waals surface area contributed by atoms with Gasteiger partial charge < -0.3 is 4.40 Å². The molecule has 0 fully saturated rings. The molecule has 6 heteroatoms. The standard InChI is InChI=1S/C36H20BN5/c1-17-38-24-15-13-21-29-22-9-5-8-20-19-7-3-4-10-26(19)42(33(20)22)34(29)23-14-16-25-36-31(23)37-30(21)35(24)40(17)27-11-6-12-28(32(27)37)41(36)18(2)39-25/h3-16H,1-2H3. The van der Waals surface area contributed by atoms with Crippen LogP contribution in [0.2, 0.25) is 0 Å². The maximum atomic E-state index is 5.12. The van der Waals surface area contributed by atoms with Crippen molar-refractivity contribution in [3.8, 4) is 33.8 Å². The molecule has 9 aromatic rings. The predicted molar refractivity (Wildman–Crippen MR) is 171 cm³/mol. The number of para-hydroxylation sites is 2. The second-order valence-corrected chi connectivity index (χ2v) is 12.2. The van der Waals surface area contributed by atoms with Crippen LogP contribution in [-0.4, -0.2) is 30.2 Å². The molecule has 5 nitrogen and oxygen atoms in total. The van der Waals surface area contributed by atoms with Crippen molar-refractivity contribution in [3.63, 3.8) is 0 Å².